The largest absolute Gasteiger partial charge is 0.356 e. The summed E-state index contributed by atoms with van der Waals surface area (Å²) in [5, 5.41) is 7.14. The summed E-state index contributed by atoms with van der Waals surface area (Å²) in [5.41, 5.74) is 1.28. The van der Waals surface area contributed by atoms with E-state index < -0.39 is 6.04 Å². The molecule has 0 unspecified atom stereocenters. The molecule has 2 aliphatic rings. The number of nitrogens with one attached hydrogen (secondary N) is 1. The third kappa shape index (κ3) is 3.27. The van der Waals surface area contributed by atoms with Gasteiger partial charge in [-0.3, -0.25) is 19.2 Å². The Morgan fingerprint density at radius 3 is 2.71 bits per heavy atom. The van der Waals surface area contributed by atoms with Crippen LogP contribution in [-0.4, -0.2) is 64.1 Å². The van der Waals surface area contributed by atoms with Crippen LogP contribution in [0.1, 0.15) is 37.3 Å². The molecule has 0 aromatic carbocycles. The zero-order chi connectivity index (χ0) is 17.3. The monoisotopic (exact) mass is 333 g/mol. The van der Waals surface area contributed by atoms with Crippen LogP contribution in [0.5, 0.6) is 0 Å². The Morgan fingerprint density at radius 1 is 1.33 bits per heavy atom. The predicted molar refractivity (Wildman–Crippen MR) is 86.2 cm³/mol. The highest BCUT2D eigenvalue weighted by molar-refractivity contribution is 6.05. The fraction of sp³-hybridized carbons (Fsp3) is 0.625. The molecule has 1 aliphatic carbocycles. The highest BCUT2D eigenvalue weighted by atomic mass is 16.2. The minimum absolute atomic E-state index is 0.000503. The second-order valence-corrected chi connectivity index (χ2v) is 6.47. The number of likely N-dealkylation sites (N-methyl/N-ethyl adjacent to an activating group) is 2. The molecule has 1 atom stereocenters. The molecular weight excluding hydrogens is 310 g/mol. The van der Waals surface area contributed by atoms with E-state index in [1.165, 1.54) is 30.5 Å². The standard InChI is InChI=1S/C16H23N5O3/c1-19-13(15(23)20(2)16(19)24)10-14(22)17-7-3-9-21-12(6-8-18-21)11-4-5-11/h6,8,11,13H,3-5,7,9-10H2,1-2H3,(H,17,22)/t13-/m1/s1. The maximum Gasteiger partial charge on any atom is 0.326 e. The van der Waals surface area contributed by atoms with Gasteiger partial charge in [0.1, 0.15) is 6.04 Å². The van der Waals surface area contributed by atoms with Gasteiger partial charge in [-0.05, 0) is 25.3 Å². The van der Waals surface area contributed by atoms with Gasteiger partial charge in [0.25, 0.3) is 5.91 Å². The molecule has 2 fully saturated rings. The van der Waals surface area contributed by atoms with Gasteiger partial charge in [0.05, 0.1) is 6.42 Å². The smallest absolute Gasteiger partial charge is 0.326 e. The number of carbonyl (C=O) groups excluding carboxylic acids is 3. The number of aromatic nitrogens is 2. The predicted octanol–water partition coefficient (Wildman–Crippen LogP) is 0.549. The maximum absolute atomic E-state index is 12.0. The number of rotatable bonds is 7. The summed E-state index contributed by atoms with van der Waals surface area (Å²) >= 11 is 0. The second-order valence-electron chi connectivity index (χ2n) is 6.47. The average Bonchev–Trinajstić information content (AvgIpc) is 3.28. The SMILES string of the molecule is CN1C(=O)[C@@H](CC(=O)NCCCn2nccc2C2CC2)N(C)C1=O. The van der Waals surface area contributed by atoms with Crippen LogP contribution in [0.2, 0.25) is 0 Å². The quantitative estimate of drug-likeness (QED) is 0.583. The number of hydrogen-bond acceptors (Lipinski definition) is 4. The Bertz CT molecular complexity index is 652. The molecule has 1 aromatic rings. The molecule has 4 amide bonds. The molecule has 1 saturated heterocycles. The second kappa shape index (κ2) is 6.62. The molecule has 24 heavy (non-hydrogen) atoms. The number of amides is 4. The van der Waals surface area contributed by atoms with E-state index in [4.69, 9.17) is 0 Å². The summed E-state index contributed by atoms with van der Waals surface area (Å²) in [7, 11) is 2.97. The van der Waals surface area contributed by atoms with Crippen LogP contribution in [0, 0.1) is 0 Å². The molecule has 0 radical (unpaired) electrons. The highest BCUT2D eigenvalue weighted by Crippen LogP contribution is 2.39. The van der Waals surface area contributed by atoms with Crippen molar-refractivity contribution in [3.8, 4) is 0 Å². The molecule has 1 N–H and O–H groups in total. The molecule has 0 bridgehead atoms. The fourth-order valence-corrected chi connectivity index (χ4v) is 3.04. The number of imide groups is 1. The molecule has 130 valence electrons. The van der Waals surface area contributed by atoms with Crippen LogP contribution in [0.4, 0.5) is 4.79 Å². The Labute approximate surface area is 140 Å². The lowest BCUT2D eigenvalue weighted by Crippen LogP contribution is -2.37. The van der Waals surface area contributed by atoms with Crippen molar-refractivity contribution < 1.29 is 14.4 Å². The molecule has 1 saturated carbocycles. The van der Waals surface area contributed by atoms with Gasteiger partial charge in [0, 0.05) is 45.0 Å². The topological polar surface area (TPSA) is 87.5 Å². The van der Waals surface area contributed by atoms with Gasteiger partial charge in [-0.25, -0.2) is 4.79 Å². The van der Waals surface area contributed by atoms with Crippen LogP contribution in [0.3, 0.4) is 0 Å². The fourth-order valence-electron chi connectivity index (χ4n) is 3.04. The van der Waals surface area contributed by atoms with Crippen molar-refractivity contribution >= 4 is 17.8 Å². The normalized spacial score (nSPS) is 20.8. The average molecular weight is 333 g/mol. The Balaban J connectivity index is 1.40. The van der Waals surface area contributed by atoms with Crippen molar-refractivity contribution in [1.29, 1.82) is 0 Å². The lowest BCUT2D eigenvalue weighted by Gasteiger charge is -2.15. The van der Waals surface area contributed by atoms with Crippen molar-refractivity contribution in [2.75, 3.05) is 20.6 Å². The van der Waals surface area contributed by atoms with E-state index in [1.54, 1.807) is 7.05 Å². The molecule has 0 spiro atoms. The van der Waals surface area contributed by atoms with Gasteiger partial charge in [0.2, 0.25) is 5.91 Å². The van der Waals surface area contributed by atoms with E-state index in [0.717, 1.165) is 17.9 Å². The number of hydrogen-bond donors (Lipinski definition) is 1. The Morgan fingerprint density at radius 2 is 2.08 bits per heavy atom. The van der Waals surface area contributed by atoms with E-state index in [0.29, 0.717) is 12.5 Å². The maximum atomic E-state index is 12.0. The van der Waals surface area contributed by atoms with E-state index in [1.807, 2.05) is 10.9 Å². The Hall–Kier alpha value is -2.38. The first-order chi connectivity index (χ1) is 11.5. The summed E-state index contributed by atoms with van der Waals surface area (Å²) in [6.07, 6.45) is 5.07. The zero-order valence-electron chi connectivity index (χ0n) is 14.1. The van der Waals surface area contributed by atoms with Crippen LogP contribution < -0.4 is 5.32 Å². The zero-order valence-corrected chi connectivity index (χ0v) is 14.1. The van der Waals surface area contributed by atoms with E-state index in [-0.39, 0.29) is 24.3 Å². The highest BCUT2D eigenvalue weighted by Gasteiger charge is 2.41. The molecule has 2 heterocycles. The number of aryl methyl sites for hydroxylation is 1. The molecular formula is C16H23N5O3. The number of urea groups is 1. The van der Waals surface area contributed by atoms with Crippen LogP contribution in [0.15, 0.2) is 12.3 Å². The van der Waals surface area contributed by atoms with Gasteiger partial charge in [-0.1, -0.05) is 0 Å². The minimum atomic E-state index is -0.699. The van der Waals surface area contributed by atoms with Crippen LogP contribution in [-0.2, 0) is 16.1 Å². The molecule has 8 nitrogen and oxygen atoms in total. The van der Waals surface area contributed by atoms with Crippen LogP contribution in [0.25, 0.3) is 0 Å². The number of nitrogens with zero attached hydrogens (tertiary/aromatic N) is 4. The molecule has 8 heteroatoms. The summed E-state index contributed by atoms with van der Waals surface area (Å²) in [6, 6.07) is 0.991. The van der Waals surface area contributed by atoms with Gasteiger partial charge in [-0.15, -0.1) is 0 Å². The molecule has 1 aromatic heterocycles. The summed E-state index contributed by atoms with van der Waals surface area (Å²) in [4.78, 5) is 38.0. The van der Waals surface area contributed by atoms with Crippen molar-refractivity contribution in [3.63, 3.8) is 0 Å². The van der Waals surface area contributed by atoms with Crippen molar-refractivity contribution in [2.45, 2.75) is 44.2 Å². The first kappa shape index (κ1) is 16.5. The van der Waals surface area contributed by atoms with Crippen molar-refractivity contribution in [1.82, 2.24) is 24.9 Å². The lowest BCUT2D eigenvalue weighted by atomic mass is 10.2. The third-order valence-corrected chi connectivity index (χ3v) is 4.66. The van der Waals surface area contributed by atoms with Crippen molar-refractivity contribution in [2.24, 2.45) is 0 Å². The van der Waals surface area contributed by atoms with Gasteiger partial charge >= 0.3 is 6.03 Å². The first-order valence-corrected chi connectivity index (χ1v) is 8.32. The van der Waals surface area contributed by atoms with E-state index in [9.17, 15) is 14.4 Å². The van der Waals surface area contributed by atoms with Gasteiger partial charge < -0.3 is 10.2 Å². The van der Waals surface area contributed by atoms with Gasteiger partial charge in [0.15, 0.2) is 0 Å². The lowest BCUT2D eigenvalue weighted by molar-refractivity contribution is -0.131. The van der Waals surface area contributed by atoms with E-state index in [2.05, 4.69) is 16.5 Å². The number of carbonyl (C=O) groups is 3. The van der Waals surface area contributed by atoms with Crippen molar-refractivity contribution in [3.05, 3.63) is 18.0 Å². The summed E-state index contributed by atoms with van der Waals surface area (Å²) in [5.74, 6) is 0.106. The third-order valence-electron chi connectivity index (χ3n) is 4.66. The minimum Gasteiger partial charge on any atom is -0.356 e. The first-order valence-electron chi connectivity index (χ1n) is 8.32. The van der Waals surface area contributed by atoms with E-state index >= 15 is 0 Å². The van der Waals surface area contributed by atoms with Crippen LogP contribution >= 0.6 is 0 Å². The summed E-state index contributed by atoms with van der Waals surface area (Å²) in [6.45, 7) is 1.29. The van der Waals surface area contributed by atoms with Gasteiger partial charge in [-0.2, -0.15) is 5.10 Å². The molecule has 1 aliphatic heterocycles. The molecule has 3 rings (SSSR count). The Kier molecular flexibility index (Phi) is 4.55. The summed E-state index contributed by atoms with van der Waals surface area (Å²) < 4.78 is 2.01.